The molecule has 0 amide bonds. The van der Waals surface area contributed by atoms with E-state index in [1.807, 2.05) is 37.3 Å². The lowest BCUT2D eigenvalue weighted by Gasteiger charge is -2.08. The van der Waals surface area contributed by atoms with Crippen LogP contribution in [0.3, 0.4) is 0 Å². The zero-order chi connectivity index (χ0) is 16.7. The third-order valence-corrected chi connectivity index (χ3v) is 4.71. The molecule has 0 saturated carbocycles. The van der Waals surface area contributed by atoms with Crippen LogP contribution in [0, 0.1) is 11.3 Å². The smallest absolute Gasteiger partial charge is 0.240 e. The van der Waals surface area contributed by atoms with Gasteiger partial charge in [0, 0.05) is 6.54 Å². The number of nitrogens with one attached hydrogen (secondary N) is 1. The van der Waals surface area contributed by atoms with Crippen LogP contribution in [-0.2, 0) is 16.4 Å². The summed E-state index contributed by atoms with van der Waals surface area (Å²) in [5.74, 6) is 0.800. The molecule has 6 heteroatoms. The number of sulfonamides is 1. The number of rotatable bonds is 7. The third kappa shape index (κ3) is 4.81. The summed E-state index contributed by atoms with van der Waals surface area (Å²) in [5.41, 5.74) is 1.45. The summed E-state index contributed by atoms with van der Waals surface area (Å²) in [6, 6.07) is 15.4. The van der Waals surface area contributed by atoms with Crippen molar-refractivity contribution in [1.29, 1.82) is 5.26 Å². The summed E-state index contributed by atoms with van der Waals surface area (Å²) in [6.45, 7) is 2.84. The second-order valence-electron chi connectivity index (χ2n) is 4.86. The second-order valence-corrected chi connectivity index (χ2v) is 6.63. The van der Waals surface area contributed by atoms with Crippen molar-refractivity contribution in [3.8, 4) is 11.8 Å². The molecule has 0 spiro atoms. The zero-order valence-corrected chi connectivity index (χ0v) is 13.6. The van der Waals surface area contributed by atoms with E-state index in [9.17, 15) is 8.42 Å². The van der Waals surface area contributed by atoms with Gasteiger partial charge in [0.1, 0.15) is 5.75 Å². The highest BCUT2D eigenvalue weighted by Crippen LogP contribution is 2.13. The van der Waals surface area contributed by atoms with E-state index in [1.54, 1.807) is 0 Å². The van der Waals surface area contributed by atoms with Crippen LogP contribution in [0.2, 0.25) is 0 Å². The Morgan fingerprint density at radius 1 is 1.09 bits per heavy atom. The molecule has 0 heterocycles. The average Bonchev–Trinajstić information content (AvgIpc) is 2.57. The highest BCUT2D eigenvalue weighted by atomic mass is 32.2. The van der Waals surface area contributed by atoms with Crippen LogP contribution in [0.25, 0.3) is 0 Å². The highest BCUT2D eigenvalue weighted by molar-refractivity contribution is 7.89. The first-order valence-electron chi connectivity index (χ1n) is 7.26. The lowest BCUT2D eigenvalue weighted by atomic mass is 10.1. The first-order valence-corrected chi connectivity index (χ1v) is 8.75. The van der Waals surface area contributed by atoms with Gasteiger partial charge < -0.3 is 4.74 Å². The van der Waals surface area contributed by atoms with E-state index in [0.717, 1.165) is 11.3 Å². The molecule has 0 aliphatic rings. The minimum absolute atomic E-state index is 0.156. The number of benzene rings is 2. The molecular weight excluding hydrogens is 312 g/mol. The fourth-order valence-electron chi connectivity index (χ4n) is 2.04. The molecule has 0 aliphatic carbocycles. The monoisotopic (exact) mass is 330 g/mol. The largest absolute Gasteiger partial charge is 0.494 e. The molecule has 0 aliphatic heterocycles. The molecule has 0 fully saturated rings. The van der Waals surface area contributed by atoms with Gasteiger partial charge in [-0.1, -0.05) is 12.1 Å². The van der Waals surface area contributed by atoms with Crippen molar-refractivity contribution in [2.75, 3.05) is 13.2 Å². The fourth-order valence-corrected chi connectivity index (χ4v) is 3.07. The number of hydrogen-bond acceptors (Lipinski definition) is 4. The van der Waals surface area contributed by atoms with Crippen LogP contribution in [0.5, 0.6) is 5.75 Å². The van der Waals surface area contributed by atoms with Gasteiger partial charge in [0.25, 0.3) is 0 Å². The van der Waals surface area contributed by atoms with Gasteiger partial charge in [0.15, 0.2) is 0 Å². The first-order chi connectivity index (χ1) is 11.0. The molecule has 0 aromatic heterocycles. The maximum atomic E-state index is 12.1. The van der Waals surface area contributed by atoms with Crippen LogP contribution >= 0.6 is 0 Å². The standard InChI is InChI=1S/C17H18N2O3S/c1-2-22-16-7-3-14(4-8-16)11-12-19-23(20,21)17-9-5-15(13-18)6-10-17/h3-10,19H,2,11-12H2,1H3. The Morgan fingerprint density at radius 2 is 1.74 bits per heavy atom. The zero-order valence-electron chi connectivity index (χ0n) is 12.8. The van der Waals surface area contributed by atoms with E-state index in [1.165, 1.54) is 24.3 Å². The van der Waals surface area contributed by atoms with Crippen molar-refractivity contribution in [2.45, 2.75) is 18.2 Å². The molecule has 0 unspecified atom stereocenters. The molecule has 0 bridgehead atoms. The molecular formula is C17H18N2O3S. The van der Waals surface area contributed by atoms with E-state index in [-0.39, 0.29) is 4.90 Å². The number of ether oxygens (including phenoxy) is 1. The van der Waals surface area contributed by atoms with Gasteiger partial charge in [-0.25, -0.2) is 13.1 Å². The van der Waals surface area contributed by atoms with Crippen molar-refractivity contribution in [1.82, 2.24) is 4.72 Å². The molecule has 2 aromatic rings. The van der Waals surface area contributed by atoms with E-state index >= 15 is 0 Å². The Labute approximate surface area is 136 Å². The predicted molar refractivity (Wildman–Crippen MR) is 87.7 cm³/mol. The minimum Gasteiger partial charge on any atom is -0.494 e. The van der Waals surface area contributed by atoms with Gasteiger partial charge in [0.05, 0.1) is 23.1 Å². The molecule has 0 radical (unpaired) electrons. The summed E-state index contributed by atoms with van der Waals surface area (Å²) in [4.78, 5) is 0.156. The first kappa shape index (κ1) is 17.0. The highest BCUT2D eigenvalue weighted by Gasteiger charge is 2.13. The van der Waals surface area contributed by atoms with E-state index in [0.29, 0.717) is 25.1 Å². The van der Waals surface area contributed by atoms with Crippen LogP contribution in [0.4, 0.5) is 0 Å². The maximum Gasteiger partial charge on any atom is 0.240 e. The Balaban J connectivity index is 1.92. The fraction of sp³-hybridized carbons (Fsp3) is 0.235. The Bertz CT molecular complexity index is 776. The van der Waals surface area contributed by atoms with Gasteiger partial charge in [-0.2, -0.15) is 5.26 Å². The Kier molecular flexibility index (Phi) is 5.74. The van der Waals surface area contributed by atoms with Crippen molar-refractivity contribution >= 4 is 10.0 Å². The topological polar surface area (TPSA) is 79.2 Å². The van der Waals surface area contributed by atoms with Gasteiger partial charge >= 0.3 is 0 Å². The van der Waals surface area contributed by atoms with Gasteiger partial charge in [-0.15, -0.1) is 0 Å². The van der Waals surface area contributed by atoms with E-state index in [2.05, 4.69) is 4.72 Å². The second kappa shape index (κ2) is 7.77. The summed E-state index contributed by atoms with van der Waals surface area (Å²) in [7, 11) is -3.56. The van der Waals surface area contributed by atoms with Gasteiger partial charge in [-0.05, 0) is 55.3 Å². The van der Waals surface area contributed by atoms with Crippen LogP contribution in [0.1, 0.15) is 18.1 Å². The minimum atomic E-state index is -3.56. The van der Waals surface area contributed by atoms with Crippen LogP contribution in [0.15, 0.2) is 53.4 Å². The normalized spacial score (nSPS) is 11.0. The van der Waals surface area contributed by atoms with Crippen LogP contribution < -0.4 is 9.46 Å². The van der Waals surface area contributed by atoms with Gasteiger partial charge in [0.2, 0.25) is 10.0 Å². The SMILES string of the molecule is CCOc1ccc(CCNS(=O)(=O)c2ccc(C#N)cc2)cc1. The molecule has 23 heavy (non-hydrogen) atoms. The molecule has 2 aromatic carbocycles. The lowest BCUT2D eigenvalue weighted by Crippen LogP contribution is -2.26. The predicted octanol–water partition coefficient (Wildman–Crippen LogP) is 2.48. The van der Waals surface area contributed by atoms with Crippen molar-refractivity contribution in [3.05, 3.63) is 59.7 Å². The quantitative estimate of drug-likeness (QED) is 0.846. The molecule has 120 valence electrons. The van der Waals surface area contributed by atoms with Crippen molar-refractivity contribution in [3.63, 3.8) is 0 Å². The summed E-state index contributed by atoms with van der Waals surface area (Å²) >= 11 is 0. The average molecular weight is 330 g/mol. The Morgan fingerprint density at radius 3 is 2.30 bits per heavy atom. The van der Waals surface area contributed by atoms with Crippen LogP contribution in [-0.4, -0.2) is 21.6 Å². The number of nitrogens with zero attached hydrogens (tertiary/aromatic N) is 1. The molecule has 2 rings (SSSR count). The number of nitriles is 1. The molecule has 0 atom stereocenters. The molecule has 5 nitrogen and oxygen atoms in total. The van der Waals surface area contributed by atoms with E-state index in [4.69, 9.17) is 10.00 Å². The van der Waals surface area contributed by atoms with Gasteiger partial charge in [-0.3, -0.25) is 0 Å². The number of hydrogen-bond donors (Lipinski definition) is 1. The van der Waals surface area contributed by atoms with Crippen molar-refractivity contribution in [2.24, 2.45) is 0 Å². The Hall–Kier alpha value is -2.36. The molecule has 1 N–H and O–H groups in total. The summed E-state index contributed by atoms with van der Waals surface area (Å²) in [5, 5.41) is 8.73. The lowest BCUT2D eigenvalue weighted by molar-refractivity contribution is 0.340. The molecule has 0 saturated heterocycles. The van der Waals surface area contributed by atoms with E-state index < -0.39 is 10.0 Å². The third-order valence-electron chi connectivity index (χ3n) is 3.23. The summed E-state index contributed by atoms with van der Waals surface area (Å²) < 4.78 is 32.2. The van der Waals surface area contributed by atoms with Crippen molar-refractivity contribution < 1.29 is 13.2 Å². The maximum absolute atomic E-state index is 12.1. The summed E-state index contributed by atoms with van der Waals surface area (Å²) in [6.07, 6.45) is 0.585.